The zero-order chi connectivity index (χ0) is 9.35. The Morgan fingerprint density at radius 2 is 2.00 bits per heavy atom. The van der Waals surface area contributed by atoms with E-state index in [-0.39, 0.29) is 10.4 Å². The number of rotatable bonds is 0. The van der Waals surface area contributed by atoms with Crippen molar-refractivity contribution in [2.45, 2.75) is 26.2 Å². The molecule has 12 heavy (non-hydrogen) atoms. The lowest BCUT2D eigenvalue weighted by molar-refractivity contribution is 0.558. The summed E-state index contributed by atoms with van der Waals surface area (Å²) in [5.74, 6) is -0.468. The van der Waals surface area contributed by atoms with Gasteiger partial charge in [0.15, 0.2) is 5.82 Å². The first-order chi connectivity index (χ1) is 5.41. The third kappa shape index (κ3) is 1.95. The van der Waals surface area contributed by atoms with E-state index in [0.29, 0.717) is 0 Å². The van der Waals surface area contributed by atoms with Gasteiger partial charge in [-0.05, 0) is 6.07 Å². The van der Waals surface area contributed by atoms with E-state index in [9.17, 15) is 4.39 Å². The summed E-state index contributed by atoms with van der Waals surface area (Å²) in [5, 5.41) is 0.134. The van der Waals surface area contributed by atoms with Gasteiger partial charge in [0.25, 0.3) is 0 Å². The summed E-state index contributed by atoms with van der Waals surface area (Å²) < 4.78 is 12.7. The highest BCUT2D eigenvalue weighted by Crippen LogP contribution is 2.23. The van der Waals surface area contributed by atoms with Gasteiger partial charge in [-0.2, -0.15) is 0 Å². The van der Waals surface area contributed by atoms with Crippen LogP contribution in [0, 0.1) is 5.82 Å². The Balaban J connectivity index is 3.14. The monoisotopic (exact) mass is 187 g/mol. The van der Waals surface area contributed by atoms with Crippen LogP contribution in [0.5, 0.6) is 0 Å². The second-order valence-corrected chi connectivity index (χ2v) is 4.14. The quantitative estimate of drug-likeness (QED) is 0.608. The fraction of sp³-hybridized carbons (Fsp3) is 0.444. The molecule has 0 fully saturated rings. The number of pyridine rings is 1. The van der Waals surface area contributed by atoms with Gasteiger partial charge in [0.1, 0.15) is 0 Å². The molecule has 66 valence electrons. The molecule has 1 nitrogen and oxygen atoms in total. The molecule has 0 saturated heterocycles. The Morgan fingerprint density at radius 1 is 1.42 bits per heavy atom. The van der Waals surface area contributed by atoms with Crippen molar-refractivity contribution in [3.63, 3.8) is 0 Å². The summed E-state index contributed by atoms with van der Waals surface area (Å²) in [6.45, 7) is 6.01. The maximum absolute atomic E-state index is 12.7. The fourth-order valence-corrected chi connectivity index (χ4v) is 0.976. The van der Waals surface area contributed by atoms with E-state index in [1.54, 1.807) is 6.07 Å². The molecule has 1 aromatic heterocycles. The molecule has 0 bridgehead atoms. The molecule has 0 atom stereocenters. The molecule has 0 radical (unpaired) electrons. The molecule has 0 aliphatic heterocycles. The van der Waals surface area contributed by atoms with Gasteiger partial charge in [0.2, 0.25) is 0 Å². The molecule has 0 aliphatic rings. The Bertz CT molecular complexity index is 291. The summed E-state index contributed by atoms with van der Waals surface area (Å²) in [6.07, 6.45) is 1.16. The van der Waals surface area contributed by atoms with E-state index >= 15 is 0 Å². The summed E-state index contributed by atoms with van der Waals surface area (Å²) in [5.41, 5.74) is 0.714. The van der Waals surface area contributed by atoms with Crippen LogP contribution >= 0.6 is 11.6 Å². The van der Waals surface area contributed by atoms with Crippen LogP contribution in [0.15, 0.2) is 12.3 Å². The van der Waals surface area contributed by atoms with Crippen LogP contribution < -0.4 is 0 Å². The van der Waals surface area contributed by atoms with Gasteiger partial charge in [-0.1, -0.05) is 32.4 Å². The lowest BCUT2D eigenvalue weighted by atomic mass is 9.92. The van der Waals surface area contributed by atoms with Gasteiger partial charge >= 0.3 is 0 Å². The topological polar surface area (TPSA) is 12.9 Å². The smallest absolute Gasteiger partial charge is 0.160 e. The van der Waals surface area contributed by atoms with Gasteiger partial charge < -0.3 is 0 Å². The molecule has 0 amide bonds. The fourth-order valence-electron chi connectivity index (χ4n) is 0.824. The van der Waals surface area contributed by atoms with Crippen LogP contribution in [0.25, 0.3) is 0 Å². The zero-order valence-corrected chi connectivity index (χ0v) is 8.11. The van der Waals surface area contributed by atoms with Crippen molar-refractivity contribution < 1.29 is 4.39 Å². The summed E-state index contributed by atoms with van der Waals surface area (Å²) in [6, 6.07) is 1.57. The maximum Gasteiger partial charge on any atom is 0.160 e. The van der Waals surface area contributed by atoms with E-state index < -0.39 is 5.82 Å². The Hall–Kier alpha value is -0.630. The average molecular weight is 188 g/mol. The van der Waals surface area contributed by atoms with Crippen molar-refractivity contribution in [1.82, 2.24) is 4.98 Å². The highest BCUT2D eigenvalue weighted by molar-refractivity contribution is 6.30. The molecule has 0 aromatic carbocycles. The van der Waals surface area contributed by atoms with E-state index in [4.69, 9.17) is 11.6 Å². The van der Waals surface area contributed by atoms with Crippen LogP contribution in [0.2, 0.25) is 5.02 Å². The van der Waals surface area contributed by atoms with E-state index in [0.717, 1.165) is 11.9 Å². The van der Waals surface area contributed by atoms with Crippen molar-refractivity contribution in [2.75, 3.05) is 0 Å². The summed E-state index contributed by atoms with van der Waals surface area (Å²) >= 11 is 5.60. The second kappa shape index (κ2) is 3.02. The highest BCUT2D eigenvalue weighted by atomic mass is 35.5. The second-order valence-electron chi connectivity index (χ2n) is 3.73. The Labute approximate surface area is 76.6 Å². The standard InChI is InChI=1S/C9H11ClFN/c1-9(2,3)8-4-6(10)7(11)5-12-8/h4-5H,1-3H3. The molecule has 1 rings (SSSR count). The minimum atomic E-state index is -0.468. The van der Waals surface area contributed by atoms with Crippen LogP contribution in [-0.4, -0.2) is 4.98 Å². The molecular weight excluding hydrogens is 177 g/mol. The molecular formula is C9H11ClFN. The van der Waals surface area contributed by atoms with Crippen molar-refractivity contribution >= 4 is 11.6 Å². The summed E-state index contributed by atoms with van der Waals surface area (Å²) in [7, 11) is 0. The largest absolute Gasteiger partial charge is 0.258 e. The summed E-state index contributed by atoms with van der Waals surface area (Å²) in [4.78, 5) is 3.95. The van der Waals surface area contributed by atoms with E-state index in [1.165, 1.54) is 0 Å². The average Bonchev–Trinajstić information content (AvgIpc) is 1.92. The predicted octanol–water partition coefficient (Wildman–Crippen LogP) is 3.17. The molecule has 0 N–H and O–H groups in total. The SMILES string of the molecule is CC(C)(C)c1cc(Cl)c(F)cn1. The van der Waals surface area contributed by atoms with Crippen molar-refractivity contribution in [1.29, 1.82) is 0 Å². The predicted molar refractivity (Wildman–Crippen MR) is 47.9 cm³/mol. The van der Waals surface area contributed by atoms with Crippen LogP contribution in [0.3, 0.4) is 0 Å². The molecule has 1 aromatic rings. The number of halogens is 2. The van der Waals surface area contributed by atoms with Crippen LogP contribution in [-0.2, 0) is 5.41 Å². The molecule has 1 heterocycles. The minimum Gasteiger partial charge on any atom is -0.258 e. The van der Waals surface area contributed by atoms with E-state index in [1.807, 2.05) is 20.8 Å². The Kier molecular flexibility index (Phi) is 2.38. The number of hydrogen-bond donors (Lipinski definition) is 0. The number of nitrogens with zero attached hydrogens (tertiary/aromatic N) is 1. The lowest BCUT2D eigenvalue weighted by Crippen LogP contribution is -2.13. The van der Waals surface area contributed by atoms with Crippen LogP contribution in [0.1, 0.15) is 26.5 Å². The maximum atomic E-state index is 12.7. The number of aromatic nitrogens is 1. The van der Waals surface area contributed by atoms with Crippen LogP contribution in [0.4, 0.5) is 4.39 Å². The van der Waals surface area contributed by atoms with Crippen molar-refractivity contribution in [3.05, 3.63) is 28.8 Å². The normalized spacial score (nSPS) is 11.8. The molecule has 0 saturated carbocycles. The first-order valence-corrected chi connectivity index (χ1v) is 4.10. The van der Waals surface area contributed by atoms with Gasteiger partial charge in [0, 0.05) is 11.1 Å². The van der Waals surface area contributed by atoms with Gasteiger partial charge in [0.05, 0.1) is 11.2 Å². The van der Waals surface area contributed by atoms with Gasteiger partial charge in [-0.25, -0.2) is 4.39 Å². The molecule has 3 heteroatoms. The van der Waals surface area contributed by atoms with E-state index in [2.05, 4.69) is 4.98 Å². The number of hydrogen-bond acceptors (Lipinski definition) is 1. The minimum absolute atomic E-state index is 0.0860. The van der Waals surface area contributed by atoms with Crippen molar-refractivity contribution in [3.8, 4) is 0 Å². The van der Waals surface area contributed by atoms with Gasteiger partial charge in [-0.15, -0.1) is 0 Å². The molecule has 0 spiro atoms. The zero-order valence-electron chi connectivity index (χ0n) is 7.36. The third-order valence-corrected chi connectivity index (χ3v) is 1.87. The Morgan fingerprint density at radius 3 is 2.42 bits per heavy atom. The first kappa shape index (κ1) is 9.46. The van der Waals surface area contributed by atoms with Crippen molar-refractivity contribution in [2.24, 2.45) is 0 Å². The van der Waals surface area contributed by atoms with Gasteiger partial charge in [-0.3, -0.25) is 4.98 Å². The first-order valence-electron chi connectivity index (χ1n) is 3.73. The lowest BCUT2D eigenvalue weighted by Gasteiger charge is -2.17. The molecule has 0 unspecified atom stereocenters. The third-order valence-electron chi connectivity index (χ3n) is 1.58. The molecule has 0 aliphatic carbocycles. The highest BCUT2D eigenvalue weighted by Gasteiger charge is 2.16.